The van der Waals surface area contributed by atoms with Crippen molar-refractivity contribution in [3.05, 3.63) is 120 Å². The number of esters is 1. The smallest absolute Gasteiger partial charge is 0.338 e. The molecule has 10 heteroatoms. The molecule has 1 N–H and O–H groups in total. The van der Waals surface area contributed by atoms with E-state index in [-0.39, 0.29) is 24.7 Å². The number of rotatable bonds is 11. The van der Waals surface area contributed by atoms with Crippen molar-refractivity contribution in [1.82, 2.24) is 4.57 Å². The van der Waals surface area contributed by atoms with Crippen LogP contribution >= 0.6 is 11.3 Å². The van der Waals surface area contributed by atoms with E-state index in [1.54, 1.807) is 36.6 Å². The van der Waals surface area contributed by atoms with Crippen LogP contribution in [0.3, 0.4) is 0 Å². The number of anilines is 1. The van der Waals surface area contributed by atoms with Crippen LogP contribution in [0.25, 0.3) is 6.08 Å². The number of aryl methyl sites for hydroxylation is 1. The third-order valence-electron chi connectivity index (χ3n) is 11.7. The van der Waals surface area contributed by atoms with Crippen LogP contribution in [-0.4, -0.2) is 36.3 Å². The summed E-state index contributed by atoms with van der Waals surface area (Å²) >= 11 is 1.26. The zero-order valence-electron chi connectivity index (χ0n) is 31.4. The van der Waals surface area contributed by atoms with Gasteiger partial charge >= 0.3 is 5.97 Å². The highest BCUT2D eigenvalue weighted by atomic mass is 32.1. The largest absolute Gasteiger partial charge is 0.490 e. The number of carbonyl (C=O) groups excluding carboxylic acids is 2. The maximum absolute atomic E-state index is 14.1. The average Bonchev–Trinajstić information content (AvgIpc) is 3.44. The second kappa shape index (κ2) is 14.7. The number of nitrogens with zero attached hydrogens (tertiary/aromatic N) is 2. The molecule has 0 spiro atoms. The van der Waals surface area contributed by atoms with Crippen LogP contribution in [-0.2, 0) is 19.7 Å². The van der Waals surface area contributed by atoms with Crippen LogP contribution in [0.2, 0.25) is 0 Å². The van der Waals surface area contributed by atoms with Gasteiger partial charge in [0, 0.05) is 5.69 Å². The Kier molecular flexibility index (Phi) is 9.81. The molecule has 0 saturated heterocycles. The molecule has 5 aliphatic rings. The van der Waals surface area contributed by atoms with Gasteiger partial charge in [-0.05, 0) is 136 Å². The molecular formula is C44H47N3O6S. The number of fused-ring (bicyclic) bond motifs is 1. The van der Waals surface area contributed by atoms with E-state index in [4.69, 9.17) is 14.2 Å². The number of nitrogens with one attached hydrogen (secondary N) is 1. The van der Waals surface area contributed by atoms with E-state index in [2.05, 4.69) is 22.4 Å². The molecule has 4 aromatic rings. The van der Waals surface area contributed by atoms with E-state index >= 15 is 0 Å². The molecular weight excluding hydrogens is 699 g/mol. The molecule has 1 atom stereocenters. The molecule has 9 nitrogen and oxygen atoms in total. The first kappa shape index (κ1) is 36.0. The minimum Gasteiger partial charge on any atom is -0.490 e. The highest BCUT2D eigenvalue weighted by molar-refractivity contribution is 7.07. The van der Waals surface area contributed by atoms with Crippen molar-refractivity contribution in [1.29, 1.82) is 0 Å². The second-order valence-corrected chi connectivity index (χ2v) is 16.5. The minimum absolute atomic E-state index is 0.185. The normalized spacial score (nSPS) is 24.2. The van der Waals surface area contributed by atoms with Crippen LogP contribution in [0.15, 0.2) is 87.8 Å². The van der Waals surface area contributed by atoms with Gasteiger partial charge in [0.1, 0.15) is 0 Å². The topological polar surface area (TPSA) is 108 Å². The number of carbonyl (C=O) groups is 2. The van der Waals surface area contributed by atoms with Gasteiger partial charge in [0.05, 0.1) is 35.1 Å². The summed E-state index contributed by atoms with van der Waals surface area (Å²) in [6, 6.07) is 21.0. The Bertz CT molecular complexity index is 2270. The third kappa shape index (κ3) is 6.92. The molecule has 0 radical (unpaired) electrons. The van der Waals surface area contributed by atoms with E-state index in [9.17, 15) is 14.4 Å². The molecule has 2 heterocycles. The quantitative estimate of drug-likeness (QED) is 0.166. The van der Waals surface area contributed by atoms with Gasteiger partial charge in [-0.1, -0.05) is 59.4 Å². The van der Waals surface area contributed by atoms with E-state index in [1.165, 1.54) is 55.4 Å². The van der Waals surface area contributed by atoms with Gasteiger partial charge in [-0.15, -0.1) is 0 Å². The number of allylic oxidation sites excluding steroid dienone is 1. The number of thiazole rings is 1. The van der Waals surface area contributed by atoms with Crippen LogP contribution in [0, 0.1) is 24.7 Å². The highest BCUT2D eigenvalue weighted by Gasteiger charge is 2.51. The lowest BCUT2D eigenvalue weighted by Crippen LogP contribution is -2.48. The molecule has 4 fully saturated rings. The van der Waals surface area contributed by atoms with Crippen LogP contribution < -0.4 is 29.7 Å². The Morgan fingerprint density at radius 2 is 1.57 bits per heavy atom. The van der Waals surface area contributed by atoms with E-state index in [1.807, 2.05) is 56.3 Å². The molecule has 54 heavy (non-hydrogen) atoms. The molecule has 4 saturated carbocycles. The van der Waals surface area contributed by atoms with Gasteiger partial charge in [0.25, 0.3) is 11.5 Å². The van der Waals surface area contributed by atoms with E-state index < -0.39 is 12.0 Å². The Morgan fingerprint density at radius 3 is 2.22 bits per heavy atom. The number of amides is 1. The van der Waals surface area contributed by atoms with Crippen LogP contribution in [0.4, 0.5) is 5.69 Å². The summed E-state index contributed by atoms with van der Waals surface area (Å²) in [5.41, 5.74) is 5.68. The van der Waals surface area contributed by atoms with Gasteiger partial charge in [-0.3, -0.25) is 14.2 Å². The van der Waals surface area contributed by atoms with Gasteiger partial charge in [0.15, 0.2) is 22.9 Å². The monoisotopic (exact) mass is 745 g/mol. The van der Waals surface area contributed by atoms with Gasteiger partial charge in [-0.25, -0.2) is 9.79 Å². The standard InChI is InChI=1S/C44H47N3O6S/c1-5-51-36-20-28(21-37-41(49)47-40(32-10-7-26(3)8-11-32)39(42(50)52-6-2)27(4)45-43(47)54-37)9-16-35(36)53-25-38(48)46-34-14-12-33(13-15-34)44-22-29-17-30(23-44)19-31(18-29)24-44/h7-16,20-21,29-31,40H,5-6,17-19,22-25H2,1-4H3,(H,46,48)/b37-21+/t29?,30?,31?,40-,44?/m0/s1. The molecule has 1 aromatic heterocycles. The predicted octanol–water partition coefficient (Wildman–Crippen LogP) is 6.99. The summed E-state index contributed by atoms with van der Waals surface area (Å²) in [6.45, 7) is 7.81. The Labute approximate surface area is 319 Å². The van der Waals surface area contributed by atoms with Crippen molar-refractivity contribution in [3.8, 4) is 11.5 Å². The fourth-order valence-corrected chi connectivity index (χ4v) is 10.8. The first-order valence-corrected chi connectivity index (χ1v) is 20.0. The SMILES string of the molecule is CCOC(=O)C1=C(C)N=c2s/c(=C/c3ccc(OCC(=O)Nc4ccc(C56CC7CC(CC(C7)C5)C6)cc4)c(OCC)c3)c(=O)n2[C@H]1c1ccc(C)cc1. The van der Waals surface area contributed by atoms with Crippen molar-refractivity contribution in [2.75, 3.05) is 25.1 Å². The van der Waals surface area contributed by atoms with Crippen molar-refractivity contribution >= 4 is 35.0 Å². The lowest BCUT2D eigenvalue weighted by atomic mass is 9.48. The maximum Gasteiger partial charge on any atom is 0.338 e. The van der Waals surface area contributed by atoms with Gasteiger partial charge in [-0.2, -0.15) is 0 Å². The number of ether oxygens (including phenoxy) is 3. The molecule has 4 aliphatic carbocycles. The summed E-state index contributed by atoms with van der Waals surface area (Å²) in [6.07, 6.45) is 9.96. The second-order valence-electron chi connectivity index (χ2n) is 15.5. The summed E-state index contributed by atoms with van der Waals surface area (Å²) in [4.78, 5) is 45.5. The van der Waals surface area contributed by atoms with Crippen LogP contribution in [0.5, 0.6) is 11.5 Å². The van der Waals surface area contributed by atoms with Crippen molar-refractivity contribution in [2.24, 2.45) is 22.7 Å². The summed E-state index contributed by atoms with van der Waals surface area (Å²) in [5, 5.41) is 2.99. The third-order valence-corrected chi connectivity index (χ3v) is 12.6. The molecule has 3 aromatic carbocycles. The minimum atomic E-state index is -0.677. The Hall–Kier alpha value is -4.96. The molecule has 0 unspecified atom stereocenters. The Balaban J connectivity index is 0.991. The fraction of sp³-hybridized carbons (Fsp3) is 0.409. The van der Waals surface area contributed by atoms with Crippen molar-refractivity contribution in [3.63, 3.8) is 0 Å². The summed E-state index contributed by atoms with van der Waals surface area (Å²) in [7, 11) is 0. The first-order chi connectivity index (χ1) is 26.1. The molecule has 9 rings (SSSR count). The number of aromatic nitrogens is 1. The van der Waals surface area contributed by atoms with Crippen LogP contribution in [0.1, 0.15) is 87.6 Å². The molecule has 1 amide bonds. The zero-order valence-corrected chi connectivity index (χ0v) is 32.2. The summed E-state index contributed by atoms with van der Waals surface area (Å²) < 4.78 is 19.3. The first-order valence-electron chi connectivity index (χ1n) is 19.2. The van der Waals surface area contributed by atoms with E-state index in [0.29, 0.717) is 49.7 Å². The van der Waals surface area contributed by atoms with Crippen molar-refractivity contribution in [2.45, 2.75) is 77.7 Å². The van der Waals surface area contributed by atoms with E-state index in [0.717, 1.165) is 34.6 Å². The fourth-order valence-electron chi connectivity index (χ4n) is 9.72. The number of hydrogen-bond donors (Lipinski definition) is 1. The van der Waals surface area contributed by atoms with Gasteiger partial charge in [0.2, 0.25) is 0 Å². The average molecular weight is 746 g/mol. The molecule has 4 bridgehead atoms. The lowest BCUT2D eigenvalue weighted by molar-refractivity contribution is -0.139. The van der Waals surface area contributed by atoms with Crippen molar-refractivity contribution < 1.29 is 23.8 Å². The maximum atomic E-state index is 14.1. The zero-order chi connectivity index (χ0) is 37.6. The molecule has 280 valence electrons. The van der Waals surface area contributed by atoms with Gasteiger partial charge < -0.3 is 19.5 Å². The Morgan fingerprint density at radius 1 is 0.889 bits per heavy atom. The summed E-state index contributed by atoms with van der Waals surface area (Å²) in [5.74, 6) is 2.79. The number of hydrogen-bond acceptors (Lipinski definition) is 8. The highest BCUT2D eigenvalue weighted by Crippen LogP contribution is 2.60. The lowest BCUT2D eigenvalue weighted by Gasteiger charge is -2.57. The predicted molar refractivity (Wildman–Crippen MR) is 210 cm³/mol. The number of benzene rings is 3. The molecule has 1 aliphatic heterocycles.